The minimum atomic E-state index is -0.416. The smallest absolute Gasteiger partial charge is 0.270 e. The van der Waals surface area contributed by atoms with E-state index in [0.717, 1.165) is 15.6 Å². The predicted octanol–water partition coefficient (Wildman–Crippen LogP) is 4.49. The fourth-order valence-electron chi connectivity index (χ4n) is 2.09. The van der Waals surface area contributed by atoms with E-state index in [1.165, 1.54) is 35.2 Å². The van der Waals surface area contributed by atoms with Crippen LogP contribution in [0.2, 0.25) is 0 Å². The van der Waals surface area contributed by atoms with Gasteiger partial charge in [0.15, 0.2) is 4.34 Å². The molecule has 1 heterocycles. The van der Waals surface area contributed by atoms with E-state index in [2.05, 4.69) is 15.5 Å². The summed E-state index contributed by atoms with van der Waals surface area (Å²) in [7, 11) is 1.54. The fourth-order valence-corrected chi connectivity index (χ4v) is 3.84. The van der Waals surface area contributed by atoms with Gasteiger partial charge in [0.05, 0.1) is 12.0 Å². The molecule has 0 bridgehead atoms. The van der Waals surface area contributed by atoms with E-state index < -0.39 is 4.92 Å². The average Bonchev–Trinajstić information content (AvgIpc) is 3.07. The number of hydrogen-bond acceptors (Lipinski definition) is 8. The Labute approximate surface area is 152 Å². The number of nitro benzene ring substituents is 1. The van der Waals surface area contributed by atoms with E-state index in [4.69, 9.17) is 4.74 Å². The largest absolute Gasteiger partial charge is 0.496 e. The molecule has 7 nitrogen and oxygen atoms in total. The lowest BCUT2D eigenvalue weighted by Crippen LogP contribution is -1.94. The number of rotatable bonds is 7. The number of nitro groups is 1. The van der Waals surface area contributed by atoms with Gasteiger partial charge < -0.3 is 10.1 Å². The van der Waals surface area contributed by atoms with Crippen LogP contribution in [-0.2, 0) is 5.75 Å². The molecule has 0 spiro atoms. The molecule has 0 aliphatic carbocycles. The summed E-state index contributed by atoms with van der Waals surface area (Å²) >= 11 is 2.88. The Balaban J connectivity index is 1.68. The number of methoxy groups -OCH3 is 1. The zero-order valence-corrected chi connectivity index (χ0v) is 14.8. The number of ether oxygens (including phenoxy) is 1. The van der Waals surface area contributed by atoms with Crippen LogP contribution in [0.5, 0.6) is 5.75 Å². The van der Waals surface area contributed by atoms with E-state index >= 15 is 0 Å². The summed E-state index contributed by atoms with van der Waals surface area (Å²) in [6, 6.07) is 14.3. The van der Waals surface area contributed by atoms with E-state index in [1.54, 1.807) is 13.2 Å². The Bertz CT molecular complexity index is 871. The van der Waals surface area contributed by atoms with Gasteiger partial charge in [0, 0.05) is 29.1 Å². The molecule has 1 aromatic heterocycles. The van der Waals surface area contributed by atoms with Crippen LogP contribution in [0.1, 0.15) is 5.56 Å². The molecular formula is C16H14N4O3S2. The van der Waals surface area contributed by atoms with Gasteiger partial charge in [-0.1, -0.05) is 41.3 Å². The summed E-state index contributed by atoms with van der Waals surface area (Å²) in [6.45, 7) is 0. The first-order valence-electron chi connectivity index (χ1n) is 7.25. The second kappa shape index (κ2) is 7.95. The molecule has 2 aromatic carbocycles. The van der Waals surface area contributed by atoms with Gasteiger partial charge in [-0.2, -0.15) is 0 Å². The number of benzene rings is 2. The standard InChI is InChI=1S/C16H14N4O3S2/c1-23-14-8-7-13(20(21)22)9-11(14)10-24-16-19-18-15(25-16)17-12-5-3-2-4-6-12/h2-9H,10H2,1H3,(H,17,18). The third kappa shape index (κ3) is 4.46. The van der Waals surface area contributed by atoms with Crippen LogP contribution < -0.4 is 10.1 Å². The van der Waals surface area contributed by atoms with Crippen molar-refractivity contribution in [1.82, 2.24) is 10.2 Å². The van der Waals surface area contributed by atoms with Crippen molar-refractivity contribution >= 4 is 39.6 Å². The summed E-state index contributed by atoms with van der Waals surface area (Å²) in [5, 5.41) is 23.1. The van der Waals surface area contributed by atoms with Crippen molar-refractivity contribution in [3.63, 3.8) is 0 Å². The van der Waals surface area contributed by atoms with Gasteiger partial charge in [0.25, 0.3) is 5.69 Å². The van der Waals surface area contributed by atoms with E-state index in [1.807, 2.05) is 30.3 Å². The monoisotopic (exact) mass is 374 g/mol. The molecule has 0 atom stereocenters. The molecule has 0 radical (unpaired) electrons. The van der Waals surface area contributed by atoms with Crippen LogP contribution in [0, 0.1) is 10.1 Å². The highest BCUT2D eigenvalue weighted by Gasteiger charge is 2.13. The molecule has 9 heteroatoms. The molecule has 128 valence electrons. The topological polar surface area (TPSA) is 90.2 Å². The molecule has 0 unspecified atom stereocenters. The molecule has 0 fully saturated rings. The minimum Gasteiger partial charge on any atom is -0.496 e. The van der Waals surface area contributed by atoms with Gasteiger partial charge in [0.2, 0.25) is 5.13 Å². The van der Waals surface area contributed by atoms with Crippen molar-refractivity contribution in [2.45, 2.75) is 10.1 Å². The lowest BCUT2D eigenvalue weighted by molar-refractivity contribution is -0.384. The quantitative estimate of drug-likeness (QED) is 0.370. The summed E-state index contributed by atoms with van der Waals surface area (Å²) in [5.74, 6) is 1.12. The highest BCUT2D eigenvalue weighted by molar-refractivity contribution is 8.00. The predicted molar refractivity (Wildman–Crippen MR) is 98.8 cm³/mol. The molecule has 3 aromatic rings. The number of non-ortho nitro benzene ring substituents is 1. The van der Waals surface area contributed by atoms with Gasteiger partial charge in [-0.25, -0.2) is 0 Å². The Morgan fingerprint density at radius 1 is 1.24 bits per heavy atom. The second-order valence-electron chi connectivity index (χ2n) is 4.91. The van der Waals surface area contributed by atoms with Crippen LogP contribution in [0.4, 0.5) is 16.5 Å². The number of hydrogen-bond donors (Lipinski definition) is 1. The number of anilines is 2. The summed E-state index contributed by atoms with van der Waals surface area (Å²) < 4.78 is 6.04. The Hall–Kier alpha value is -2.65. The third-order valence-electron chi connectivity index (χ3n) is 3.26. The molecule has 0 saturated carbocycles. The Morgan fingerprint density at radius 3 is 2.76 bits per heavy atom. The highest BCUT2D eigenvalue weighted by Crippen LogP contribution is 2.33. The molecule has 3 rings (SSSR count). The maximum absolute atomic E-state index is 10.9. The Kier molecular flexibility index (Phi) is 5.46. The molecule has 0 saturated heterocycles. The maximum Gasteiger partial charge on any atom is 0.270 e. The zero-order valence-electron chi connectivity index (χ0n) is 13.2. The van der Waals surface area contributed by atoms with Crippen LogP contribution in [0.25, 0.3) is 0 Å². The van der Waals surface area contributed by atoms with Crippen LogP contribution in [0.3, 0.4) is 0 Å². The van der Waals surface area contributed by atoms with Crippen molar-refractivity contribution in [3.05, 3.63) is 64.2 Å². The molecule has 0 amide bonds. The van der Waals surface area contributed by atoms with Gasteiger partial charge in [-0.15, -0.1) is 10.2 Å². The molecular weight excluding hydrogens is 360 g/mol. The first-order chi connectivity index (χ1) is 12.2. The minimum absolute atomic E-state index is 0.0418. The van der Waals surface area contributed by atoms with Crippen molar-refractivity contribution in [3.8, 4) is 5.75 Å². The van der Waals surface area contributed by atoms with Crippen molar-refractivity contribution in [2.24, 2.45) is 0 Å². The van der Waals surface area contributed by atoms with E-state index in [0.29, 0.717) is 16.6 Å². The number of nitrogens with one attached hydrogen (secondary N) is 1. The average molecular weight is 374 g/mol. The van der Waals surface area contributed by atoms with Gasteiger partial charge in [-0.05, 0) is 18.2 Å². The number of aromatic nitrogens is 2. The summed E-state index contributed by atoms with van der Waals surface area (Å²) in [5.41, 5.74) is 1.73. The van der Waals surface area contributed by atoms with E-state index in [-0.39, 0.29) is 5.69 Å². The molecule has 1 N–H and O–H groups in total. The normalized spacial score (nSPS) is 10.4. The highest BCUT2D eigenvalue weighted by atomic mass is 32.2. The molecule has 0 aliphatic rings. The van der Waals surface area contributed by atoms with Crippen LogP contribution in [0.15, 0.2) is 52.9 Å². The summed E-state index contributed by atoms with van der Waals surface area (Å²) in [4.78, 5) is 10.5. The van der Waals surface area contributed by atoms with Gasteiger partial charge in [-0.3, -0.25) is 10.1 Å². The molecule has 0 aliphatic heterocycles. The Morgan fingerprint density at radius 2 is 2.04 bits per heavy atom. The summed E-state index contributed by atoms with van der Waals surface area (Å²) in [6.07, 6.45) is 0. The molecule has 25 heavy (non-hydrogen) atoms. The number of nitrogens with zero attached hydrogens (tertiary/aromatic N) is 3. The van der Waals surface area contributed by atoms with Crippen LogP contribution in [-0.4, -0.2) is 22.2 Å². The maximum atomic E-state index is 10.9. The first kappa shape index (κ1) is 17.2. The lowest BCUT2D eigenvalue weighted by Gasteiger charge is -2.06. The second-order valence-corrected chi connectivity index (χ2v) is 7.11. The first-order valence-corrected chi connectivity index (χ1v) is 9.05. The lowest BCUT2D eigenvalue weighted by atomic mass is 10.2. The third-order valence-corrected chi connectivity index (χ3v) is 5.28. The number of thioether (sulfide) groups is 1. The zero-order chi connectivity index (χ0) is 17.6. The SMILES string of the molecule is COc1ccc([N+](=O)[O-])cc1CSc1nnc(Nc2ccccc2)s1. The van der Waals surface area contributed by atoms with Crippen molar-refractivity contribution in [1.29, 1.82) is 0 Å². The van der Waals surface area contributed by atoms with Gasteiger partial charge >= 0.3 is 0 Å². The van der Waals surface area contributed by atoms with Crippen molar-refractivity contribution < 1.29 is 9.66 Å². The number of para-hydroxylation sites is 1. The van der Waals surface area contributed by atoms with Crippen molar-refractivity contribution in [2.75, 3.05) is 12.4 Å². The van der Waals surface area contributed by atoms with Crippen LogP contribution >= 0.6 is 23.1 Å². The fraction of sp³-hybridized carbons (Fsp3) is 0.125. The van der Waals surface area contributed by atoms with E-state index in [9.17, 15) is 10.1 Å². The van der Waals surface area contributed by atoms with Gasteiger partial charge in [0.1, 0.15) is 5.75 Å².